The summed E-state index contributed by atoms with van der Waals surface area (Å²) in [5, 5.41) is 0. The molecule has 0 saturated carbocycles. The number of methoxy groups -OCH3 is 1. The zero-order valence-electron chi connectivity index (χ0n) is 22.0. The average molecular weight is 514 g/mol. The summed E-state index contributed by atoms with van der Waals surface area (Å²) in [6, 6.07) is 17.1. The van der Waals surface area contributed by atoms with Gasteiger partial charge in [0, 0.05) is 50.1 Å². The van der Waals surface area contributed by atoms with Crippen molar-refractivity contribution in [2.45, 2.75) is 13.8 Å². The summed E-state index contributed by atoms with van der Waals surface area (Å²) in [6.07, 6.45) is 5.74. The van der Waals surface area contributed by atoms with Crippen LogP contribution in [0.15, 0.2) is 73.2 Å². The molecule has 1 amide bonds. The lowest BCUT2D eigenvalue weighted by Crippen LogP contribution is -2.51. The Hall–Kier alpha value is -4.20. The molecule has 5 rings (SSSR count). The summed E-state index contributed by atoms with van der Waals surface area (Å²) >= 11 is 0. The summed E-state index contributed by atoms with van der Waals surface area (Å²) in [5.41, 5.74) is 4.69. The molecule has 196 valence electrons. The van der Waals surface area contributed by atoms with Crippen LogP contribution in [-0.4, -0.2) is 65.5 Å². The van der Waals surface area contributed by atoms with E-state index in [-0.39, 0.29) is 24.2 Å². The van der Waals surface area contributed by atoms with Crippen LogP contribution in [0, 0.1) is 18.7 Å². The van der Waals surface area contributed by atoms with Crippen LogP contribution in [0.5, 0.6) is 5.88 Å². The molecule has 3 aromatic rings. The number of nitrogens with zero attached hydrogens (tertiary/aromatic N) is 5. The SMILES string of the molecule is COc1cc(N2CCN(C(=O)CN3C=C(c4ccc(F)c(C)c4)C(C)C=C3c3ccccc3)CC2)ncn1. The maximum Gasteiger partial charge on any atom is 0.242 e. The molecule has 2 aromatic carbocycles. The second-order valence-electron chi connectivity index (χ2n) is 9.67. The lowest BCUT2D eigenvalue weighted by molar-refractivity contribution is -0.131. The summed E-state index contributed by atoms with van der Waals surface area (Å²) < 4.78 is 19.2. The van der Waals surface area contributed by atoms with E-state index in [2.05, 4.69) is 46.2 Å². The van der Waals surface area contributed by atoms with Crippen LogP contribution in [0.25, 0.3) is 11.3 Å². The normalized spacial score (nSPS) is 17.7. The van der Waals surface area contributed by atoms with Gasteiger partial charge in [-0.2, -0.15) is 0 Å². The van der Waals surface area contributed by atoms with Gasteiger partial charge in [0.1, 0.15) is 24.5 Å². The van der Waals surface area contributed by atoms with Crippen LogP contribution in [0.1, 0.15) is 23.6 Å². The van der Waals surface area contributed by atoms with E-state index in [0.29, 0.717) is 37.6 Å². The minimum absolute atomic E-state index is 0.0622. The Kier molecular flexibility index (Phi) is 7.40. The van der Waals surface area contributed by atoms with Crippen molar-refractivity contribution in [2.24, 2.45) is 5.92 Å². The van der Waals surface area contributed by atoms with E-state index >= 15 is 0 Å². The summed E-state index contributed by atoms with van der Waals surface area (Å²) in [6.45, 7) is 6.70. The van der Waals surface area contributed by atoms with Crippen molar-refractivity contribution in [3.63, 3.8) is 0 Å². The number of allylic oxidation sites excluding steroid dienone is 2. The quantitative estimate of drug-likeness (QED) is 0.480. The number of piperazine rings is 1. The van der Waals surface area contributed by atoms with Gasteiger partial charge in [-0.15, -0.1) is 0 Å². The largest absolute Gasteiger partial charge is 0.481 e. The van der Waals surface area contributed by atoms with Crippen LogP contribution < -0.4 is 9.64 Å². The van der Waals surface area contributed by atoms with Crippen LogP contribution >= 0.6 is 0 Å². The number of ether oxygens (including phenoxy) is 1. The highest BCUT2D eigenvalue weighted by Gasteiger charge is 2.27. The third-order valence-corrected chi connectivity index (χ3v) is 7.16. The first-order valence-electron chi connectivity index (χ1n) is 12.8. The molecule has 1 atom stereocenters. The Labute approximate surface area is 222 Å². The number of carbonyl (C=O) groups is 1. The zero-order chi connectivity index (χ0) is 26.6. The number of benzene rings is 2. The number of amides is 1. The molecule has 1 unspecified atom stereocenters. The molecular weight excluding hydrogens is 481 g/mol. The molecule has 0 bridgehead atoms. The lowest BCUT2D eigenvalue weighted by atomic mass is 9.89. The molecule has 2 aliphatic heterocycles. The molecule has 0 aliphatic carbocycles. The highest BCUT2D eigenvalue weighted by atomic mass is 19.1. The number of halogens is 1. The molecular formula is C30H32FN5O2. The fraction of sp³-hybridized carbons (Fsp3) is 0.300. The molecule has 0 radical (unpaired) electrons. The highest BCUT2D eigenvalue weighted by Crippen LogP contribution is 2.35. The van der Waals surface area contributed by atoms with E-state index in [9.17, 15) is 9.18 Å². The number of carbonyl (C=O) groups excluding carboxylic acids is 1. The van der Waals surface area contributed by atoms with Crippen molar-refractivity contribution in [3.8, 4) is 5.88 Å². The van der Waals surface area contributed by atoms with Gasteiger partial charge in [0.2, 0.25) is 11.8 Å². The van der Waals surface area contributed by atoms with Crippen molar-refractivity contribution in [1.82, 2.24) is 19.8 Å². The topological polar surface area (TPSA) is 61.8 Å². The zero-order valence-corrected chi connectivity index (χ0v) is 22.0. The van der Waals surface area contributed by atoms with Crippen LogP contribution in [-0.2, 0) is 4.79 Å². The summed E-state index contributed by atoms with van der Waals surface area (Å²) in [5.74, 6) is 1.27. The van der Waals surface area contributed by atoms with Crippen LogP contribution in [0.3, 0.4) is 0 Å². The Morgan fingerprint density at radius 2 is 1.79 bits per heavy atom. The first-order valence-corrected chi connectivity index (χ1v) is 12.8. The van der Waals surface area contributed by atoms with E-state index in [4.69, 9.17) is 4.74 Å². The average Bonchev–Trinajstić information content (AvgIpc) is 2.96. The lowest BCUT2D eigenvalue weighted by Gasteiger charge is -2.37. The second-order valence-corrected chi connectivity index (χ2v) is 9.67. The van der Waals surface area contributed by atoms with Gasteiger partial charge in [-0.25, -0.2) is 14.4 Å². The first kappa shape index (κ1) is 25.4. The number of rotatable bonds is 6. The van der Waals surface area contributed by atoms with Crippen molar-refractivity contribution in [1.29, 1.82) is 0 Å². The molecule has 3 heterocycles. The van der Waals surface area contributed by atoms with Gasteiger partial charge in [-0.1, -0.05) is 49.4 Å². The first-order chi connectivity index (χ1) is 18.4. The Morgan fingerprint density at radius 1 is 1.03 bits per heavy atom. The highest BCUT2D eigenvalue weighted by molar-refractivity contribution is 5.84. The number of hydrogen-bond donors (Lipinski definition) is 0. The minimum Gasteiger partial charge on any atom is -0.481 e. The molecule has 8 heteroatoms. The van der Waals surface area contributed by atoms with Gasteiger partial charge in [-0.3, -0.25) is 4.79 Å². The Bertz CT molecular complexity index is 1370. The fourth-order valence-corrected chi connectivity index (χ4v) is 4.99. The van der Waals surface area contributed by atoms with E-state index < -0.39 is 0 Å². The predicted octanol–water partition coefficient (Wildman–Crippen LogP) is 4.62. The van der Waals surface area contributed by atoms with Crippen molar-refractivity contribution in [3.05, 3.63) is 95.7 Å². The van der Waals surface area contributed by atoms with Crippen molar-refractivity contribution < 1.29 is 13.9 Å². The van der Waals surface area contributed by atoms with Gasteiger partial charge < -0.3 is 19.4 Å². The third kappa shape index (κ3) is 5.39. The summed E-state index contributed by atoms with van der Waals surface area (Å²) in [4.78, 5) is 28.0. The predicted molar refractivity (Wildman–Crippen MR) is 147 cm³/mol. The molecule has 1 saturated heterocycles. The number of aryl methyl sites for hydroxylation is 1. The molecule has 1 fully saturated rings. The second kappa shape index (κ2) is 11.0. The molecule has 0 N–H and O–H groups in total. The van der Waals surface area contributed by atoms with Crippen LogP contribution in [0.4, 0.5) is 10.2 Å². The standard InChI is InChI=1S/C30H32FN5O2/c1-21-16-27(23-7-5-4-6-8-23)36(18-25(21)24-9-10-26(31)22(2)15-24)19-30(37)35-13-11-34(12-14-35)28-17-29(38-3)33-20-32-28/h4-10,15-18,20-21H,11-14,19H2,1-3H3. The van der Waals surface area contributed by atoms with Gasteiger partial charge >= 0.3 is 0 Å². The minimum atomic E-state index is -0.218. The van der Waals surface area contributed by atoms with E-state index in [1.807, 2.05) is 46.2 Å². The Balaban J connectivity index is 1.35. The van der Waals surface area contributed by atoms with Gasteiger partial charge in [0.05, 0.1) is 7.11 Å². The number of aromatic nitrogens is 2. The van der Waals surface area contributed by atoms with E-state index in [1.165, 1.54) is 12.4 Å². The number of hydrogen-bond acceptors (Lipinski definition) is 6. The van der Waals surface area contributed by atoms with Crippen LogP contribution in [0.2, 0.25) is 0 Å². The molecule has 2 aliphatic rings. The van der Waals surface area contributed by atoms with E-state index in [0.717, 1.165) is 28.2 Å². The number of anilines is 1. The van der Waals surface area contributed by atoms with Gasteiger partial charge in [-0.05, 0) is 41.3 Å². The fourth-order valence-electron chi connectivity index (χ4n) is 4.99. The van der Waals surface area contributed by atoms with Crippen molar-refractivity contribution in [2.75, 3.05) is 44.7 Å². The molecule has 1 aromatic heterocycles. The van der Waals surface area contributed by atoms with E-state index in [1.54, 1.807) is 14.0 Å². The molecule has 0 spiro atoms. The van der Waals surface area contributed by atoms with Gasteiger partial charge in [0.15, 0.2) is 0 Å². The maximum atomic E-state index is 14.0. The smallest absolute Gasteiger partial charge is 0.242 e. The monoisotopic (exact) mass is 513 g/mol. The van der Waals surface area contributed by atoms with Gasteiger partial charge in [0.25, 0.3) is 0 Å². The third-order valence-electron chi connectivity index (χ3n) is 7.16. The Morgan fingerprint density at radius 3 is 2.50 bits per heavy atom. The maximum absolute atomic E-state index is 14.0. The molecule has 7 nitrogen and oxygen atoms in total. The van der Waals surface area contributed by atoms with Crippen molar-refractivity contribution >= 4 is 23.0 Å². The molecule has 38 heavy (non-hydrogen) atoms. The summed E-state index contributed by atoms with van der Waals surface area (Å²) in [7, 11) is 1.58.